The molecule has 1 aromatic carbocycles. The summed E-state index contributed by atoms with van der Waals surface area (Å²) in [5.41, 5.74) is 1.84. The minimum atomic E-state index is -3.28. The summed E-state index contributed by atoms with van der Waals surface area (Å²) in [4.78, 5) is 19.2. The molecule has 28 heavy (non-hydrogen) atoms. The van der Waals surface area contributed by atoms with E-state index in [0.29, 0.717) is 13.1 Å². The Balaban J connectivity index is 1.64. The molecule has 2 saturated heterocycles. The molecule has 2 aliphatic rings. The van der Waals surface area contributed by atoms with Gasteiger partial charge < -0.3 is 20.0 Å². The molecule has 1 aromatic rings. The highest BCUT2D eigenvalue weighted by Gasteiger charge is 2.26. The molecule has 1 unspecified atom stereocenters. The molecule has 0 aromatic heterocycles. The summed E-state index contributed by atoms with van der Waals surface area (Å²) in [6.07, 6.45) is 2.68. The van der Waals surface area contributed by atoms with Crippen LogP contribution in [0.25, 0.3) is 0 Å². The van der Waals surface area contributed by atoms with Crippen molar-refractivity contribution in [2.24, 2.45) is 0 Å². The van der Waals surface area contributed by atoms with Gasteiger partial charge >= 0.3 is 6.03 Å². The van der Waals surface area contributed by atoms with Crippen LogP contribution in [0.4, 0.5) is 16.2 Å². The second kappa shape index (κ2) is 9.11. The van der Waals surface area contributed by atoms with Gasteiger partial charge in [-0.3, -0.25) is 0 Å². The molecule has 0 bridgehead atoms. The fraction of sp³-hybridized carbons (Fsp3) is 0.632. The SMILES string of the molecule is CCN1CCN(c2ccccc2NC(=O)N2CCCC(NS(C)(=O)=O)C2)CC1. The molecule has 3 rings (SSSR count). The van der Waals surface area contributed by atoms with Gasteiger partial charge in [-0.15, -0.1) is 0 Å². The first kappa shape index (κ1) is 20.9. The molecule has 2 aliphatic heterocycles. The minimum Gasteiger partial charge on any atom is -0.367 e. The zero-order chi connectivity index (χ0) is 20.1. The van der Waals surface area contributed by atoms with E-state index in [0.717, 1.165) is 63.2 Å². The van der Waals surface area contributed by atoms with Crippen LogP contribution >= 0.6 is 0 Å². The number of carbonyl (C=O) groups excluding carboxylic acids is 1. The summed E-state index contributed by atoms with van der Waals surface area (Å²) in [5, 5.41) is 3.04. The quantitative estimate of drug-likeness (QED) is 0.767. The Morgan fingerprint density at radius 3 is 2.54 bits per heavy atom. The third-order valence-corrected chi connectivity index (χ3v) is 6.16. The molecule has 0 spiro atoms. The molecular formula is C19H31N5O3S. The van der Waals surface area contributed by atoms with Crippen LogP contribution in [0.2, 0.25) is 0 Å². The van der Waals surface area contributed by atoms with Gasteiger partial charge in [0.25, 0.3) is 0 Å². The number of carbonyl (C=O) groups is 1. The summed E-state index contributed by atoms with van der Waals surface area (Å²) >= 11 is 0. The summed E-state index contributed by atoms with van der Waals surface area (Å²) in [5.74, 6) is 0. The Hall–Kier alpha value is -1.84. The lowest BCUT2D eigenvalue weighted by atomic mass is 10.1. The molecule has 1 atom stereocenters. The Labute approximate surface area is 167 Å². The topological polar surface area (TPSA) is 85.0 Å². The summed E-state index contributed by atoms with van der Waals surface area (Å²) < 4.78 is 25.6. The number of rotatable bonds is 5. The fourth-order valence-corrected chi connectivity index (χ4v) is 4.71. The van der Waals surface area contributed by atoms with Crippen LogP contribution in [-0.2, 0) is 10.0 Å². The highest BCUT2D eigenvalue weighted by atomic mass is 32.2. The van der Waals surface area contributed by atoms with Crippen molar-refractivity contribution in [1.82, 2.24) is 14.5 Å². The van der Waals surface area contributed by atoms with Crippen LogP contribution in [0.15, 0.2) is 24.3 Å². The van der Waals surface area contributed by atoms with Crippen molar-refractivity contribution >= 4 is 27.4 Å². The molecule has 2 heterocycles. The molecule has 0 saturated carbocycles. The van der Waals surface area contributed by atoms with Gasteiger partial charge in [0.05, 0.1) is 17.6 Å². The predicted octanol–water partition coefficient (Wildman–Crippen LogP) is 1.37. The van der Waals surface area contributed by atoms with Crippen LogP contribution in [0.3, 0.4) is 0 Å². The van der Waals surface area contributed by atoms with Crippen molar-refractivity contribution in [2.45, 2.75) is 25.8 Å². The van der Waals surface area contributed by atoms with E-state index in [-0.39, 0.29) is 12.1 Å². The molecular weight excluding hydrogens is 378 g/mol. The average Bonchev–Trinajstić information content (AvgIpc) is 2.67. The number of anilines is 2. The van der Waals surface area contributed by atoms with Gasteiger partial charge in [-0.1, -0.05) is 19.1 Å². The molecule has 2 fully saturated rings. The van der Waals surface area contributed by atoms with Crippen molar-refractivity contribution < 1.29 is 13.2 Å². The third kappa shape index (κ3) is 5.59. The molecule has 156 valence electrons. The Morgan fingerprint density at radius 2 is 1.86 bits per heavy atom. The Bertz CT molecular complexity index is 778. The van der Waals surface area contributed by atoms with Crippen molar-refractivity contribution in [3.63, 3.8) is 0 Å². The van der Waals surface area contributed by atoms with E-state index in [1.807, 2.05) is 24.3 Å². The lowest BCUT2D eigenvalue weighted by molar-refractivity contribution is 0.190. The third-order valence-electron chi connectivity index (χ3n) is 5.40. The van der Waals surface area contributed by atoms with E-state index in [1.165, 1.54) is 0 Å². The summed E-state index contributed by atoms with van der Waals surface area (Å²) in [7, 11) is -3.28. The van der Waals surface area contributed by atoms with Gasteiger partial charge in [-0.25, -0.2) is 17.9 Å². The predicted molar refractivity (Wildman–Crippen MR) is 112 cm³/mol. The molecule has 0 radical (unpaired) electrons. The number of nitrogens with one attached hydrogen (secondary N) is 2. The molecule has 8 nitrogen and oxygen atoms in total. The van der Waals surface area contributed by atoms with Gasteiger partial charge in [-0.2, -0.15) is 0 Å². The fourth-order valence-electron chi connectivity index (χ4n) is 3.91. The lowest BCUT2D eigenvalue weighted by Crippen LogP contribution is -2.50. The number of sulfonamides is 1. The van der Waals surface area contributed by atoms with Crippen molar-refractivity contribution in [1.29, 1.82) is 0 Å². The molecule has 9 heteroatoms. The number of hydrogen-bond acceptors (Lipinski definition) is 5. The Kier molecular flexibility index (Phi) is 6.79. The van der Waals surface area contributed by atoms with Gasteiger partial charge in [0.2, 0.25) is 10.0 Å². The van der Waals surface area contributed by atoms with Crippen LogP contribution < -0.4 is 14.9 Å². The summed E-state index contributed by atoms with van der Waals surface area (Å²) in [6.45, 7) is 8.16. The second-order valence-corrected chi connectivity index (χ2v) is 9.32. The number of urea groups is 1. The van der Waals surface area contributed by atoms with E-state index in [9.17, 15) is 13.2 Å². The number of piperazine rings is 1. The van der Waals surface area contributed by atoms with E-state index >= 15 is 0 Å². The normalized spacial score (nSPS) is 21.6. The molecule has 2 amide bonds. The van der Waals surface area contributed by atoms with Crippen LogP contribution in [0.5, 0.6) is 0 Å². The van der Waals surface area contributed by atoms with Gasteiger partial charge in [0.1, 0.15) is 0 Å². The average molecular weight is 410 g/mol. The first-order valence-electron chi connectivity index (χ1n) is 9.95. The Morgan fingerprint density at radius 1 is 1.14 bits per heavy atom. The smallest absolute Gasteiger partial charge is 0.321 e. The van der Waals surface area contributed by atoms with E-state index in [1.54, 1.807) is 4.90 Å². The first-order chi connectivity index (χ1) is 13.4. The number of para-hydroxylation sites is 2. The molecule has 0 aliphatic carbocycles. The molecule has 2 N–H and O–H groups in total. The zero-order valence-corrected chi connectivity index (χ0v) is 17.5. The van der Waals surface area contributed by atoms with Crippen LogP contribution in [-0.4, -0.2) is 82.4 Å². The van der Waals surface area contributed by atoms with Crippen LogP contribution in [0, 0.1) is 0 Å². The van der Waals surface area contributed by atoms with Crippen LogP contribution in [0.1, 0.15) is 19.8 Å². The van der Waals surface area contributed by atoms with Gasteiger partial charge in [0, 0.05) is 45.3 Å². The highest BCUT2D eigenvalue weighted by Crippen LogP contribution is 2.27. The van der Waals surface area contributed by atoms with Gasteiger partial charge in [-0.05, 0) is 31.5 Å². The number of likely N-dealkylation sites (tertiary alicyclic amines) is 1. The van der Waals surface area contributed by atoms with E-state index in [2.05, 4.69) is 26.8 Å². The largest absolute Gasteiger partial charge is 0.367 e. The maximum Gasteiger partial charge on any atom is 0.321 e. The standard InChI is InChI=1S/C19H31N5O3S/c1-3-22-11-13-23(14-12-22)18-9-5-4-8-17(18)20-19(25)24-10-6-7-16(15-24)21-28(2,26)27/h4-5,8-9,16,21H,3,6-7,10-15H2,1-2H3,(H,20,25). The number of benzene rings is 1. The van der Waals surface area contributed by atoms with Crippen molar-refractivity contribution in [3.05, 3.63) is 24.3 Å². The van der Waals surface area contributed by atoms with Crippen molar-refractivity contribution in [3.8, 4) is 0 Å². The number of nitrogens with zero attached hydrogens (tertiary/aromatic N) is 3. The van der Waals surface area contributed by atoms with Gasteiger partial charge in [0.15, 0.2) is 0 Å². The van der Waals surface area contributed by atoms with Crippen molar-refractivity contribution in [2.75, 3.05) is 62.3 Å². The first-order valence-corrected chi connectivity index (χ1v) is 11.8. The number of hydrogen-bond donors (Lipinski definition) is 2. The van der Waals surface area contributed by atoms with E-state index in [4.69, 9.17) is 0 Å². The number of likely N-dealkylation sites (N-methyl/N-ethyl adjacent to an activating group) is 1. The second-order valence-electron chi connectivity index (χ2n) is 7.54. The lowest BCUT2D eigenvalue weighted by Gasteiger charge is -2.37. The maximum absolute atomic E-state index is 12.8. The summed E-state index contributed by atoms with van der Waals surface area (Å²) in [6, 6.07) is 7.47. The monoisotopic (exact) mass is 409 g/mol. The highest BCUT2D eigenvalue weighted by molar-refractivity contribution is 7.88. The zero-order valence-electron chi connectivity index (χ0n) is 16.7. The van der Waals surface area contributed by atoms with E-state index < -0.39 is 10.0 Å². The maximum atomic E-state index is 12.8. The minimum absolute atomic E-state index is 0.181. The number of amides is 2. The number of piperidine rings is 1.